The molecule has 2 rings (SSSR count). The van der Waals surface area contributed by atoms with Crippen molar-refractivity contribution in [2.24, 2.45) is 5.92 Å². The Hall–Kier alpha value is -1.45. The van der Waals surface area contributed by atoms with Crippen LogP contribution in [0.25, 0.3) is 0 Å². The summed E-state index contributed by atoms with van der Waals surface area (Å²) in [7, 11) is 0. The lowest BCUT2D eigenvalue weighted by atomic mass is 9.98. The molecule has 1 unspecified atom stereocenters. The van der Waals surface area contributed by atoms with Crippen LogP contribution in [0, 0.1) is 5.92 Å². The summed E-state index contributed by atoms with van der Waals surface area (Å²) in [6.45, 7) is 3.54. The number of ketones is 1. The number of hydrogen-bond acceptors (Lipinski definition) is 4. The van der Waals surface area contributed by atoms with Crippen LogP contribution in [0.1, 0.15) is 13.3 Å². The van der Waals surface area contributed by atoms with Gasteiger partial charge >= 0.3 is 0 Å². The zero-order valence-electron chi connectivity index (χ0n) is 8.18. The van der Waals surface area contributed by atoms with Crippen LogP contribution in [0.15, 0.2) is 18.7 Å². The van der Waals surface area contributed by atoms with E-state index in [2.05, 4.69) is 14.9 Å². The Morgan fingerprint density at radius 3 is 2.79 bits per heavy atom. The molecule has 1 fully saturated rings. The van der Waals surface area contributed by atoms with E-state index in [4.69, 9.17) is 0 Å². The van der Waals surface area contributed by atoms with Gasteiger partial charge in [0.05, 0.1) is 18.1 Å². The van der Waals surface area contributed by atoms with E-state index in [1.54, 1.807) is 12.4 Å². The second kappa shape index (κ2) is 3.74. The number of rotatable bonds is 1. The van der Waals surface area contributed by atoms with Gasteiger partial charge in [-0.05, 0) is 0 Å². The summed E-state index contributed by atoms with van der Waals surface area (Å²) in [6, 6.07) is 0. The molecule has 4 nitrogen and oxygen atoms in total. The van der Waals surface area contributed by atoms with Crippen molar-refractivity contribution in [2.45, 2.75) is 13.3 Å². The average molecular weight is 191 g/mol. The first-order valence-electron chi connectivity index (χ1n) is 4.80. The minimum absolute atomic E-state index is 0.129. The van der Waals surface area contributed by atoms with Gasteiger partial charge in [0.1, 0.15) is 12.1 Å². The predicted octanol–water partition coefficient (Wildman–Crippen LogP) is 0.892. The highest BCUT2D eigenvalue weighted by molar-refractivity contribution is 5.83. The van der Waals surface area contributed by atoms with Gasteiger partial charge in [0.15, 0.2) is 0 Å². The molecule has 1 atom stereocenters. The van der Waals surface area contributed by atoms with Crippen LogP contribution in [-0.2, 0) is 4.79 Å². The van der Waals surface area contributed by atoms with E-state index in [9.17, 15) is 4.79 Å². The summed E-state index contributed by atoms with van der Waals surface area (Å²) in [5.74, 6) is 0.488. The number of carbonyl (C=O) groups is 1. The minimum atomic E-state index is 0.129. The number of aromatic nitrogens is 2. The summed E-state index contributed by atoms with van der Waals surface area (Å²) in [4.78, 5) is 21.4. The van der Waals surface area contributed by atoms with Crippen molar-refractivity contribution in [1.29, 1.82) is 0 Å². The third-order valence-electron chi connectivity index (χ3n) is 2.58. The summed E-state index contributed by atoms with van der Waals surface area (Å²) in [5.41, 5.74) is 1.01. The van der Waals surface area contributed by atoms with Gasteiger partial charge in [-0.15, -0.1) is 0 Å². The van der Waals surface area contributed by atoms with Crippen LogP contribution >= 0.6 is 0 Å². The third-order valence-corrected chi connectivity index (χ3v) is 2.58. The molecule has 0 saturated carbocycles. The van der Waals surface area contributed by atoms with Crippen LogP contribution in [-0.4, -0.2) is 28.8 Å². The van der Waals surface area contributed by atoms with Gasteiger partial charge in [0.25, 0.3) is 0 Å². The molecule has 74 valence electrons. The summed E-state index contributed by atoms with van der Waals surface area (Å²) in [5, 5.41) is 0. The molecule has 0 bridgehead atoms. The Kier molecular flexibility index (Phi) is 2.43. The number of Topliss-reactive ketones (excluding diaryl/α,β-unsaturated/α-hetero) is 1. The van der Waals surface area contributed by atoms with Crippen molar-refractivity contribution in [3.8, 4) is 0 Å². The average Bonchev–Trinajstić information content (AvgIpc) is 2.23. The fraction of sp³-hybridized carbons (Fsp3) is 0.500. The summed E-state index contributed by atoms with van der Waals surface area (Å²) < 4.78 is 0. The van der Waals surface area contributed by atoms with E-state index in [-0.39, 0.29) is 5.92 Å². The first-order valence-corrected chi connectivity index (χ1v) is 4.80. The Balaban J connectivity index is 2.11. The molecular formula is C10H13N3O. The van der Waals surface area contributed by atoms with Crippen molar-refractivity contribution in [2.75, 3.05) is 18.0 Å². The highest BCUT2D eigenvalue weighted by Crippen LogP contribution is 2.18. The minimum Gasteiger partial charge on any atom is -0.368 e. The summed E-state index contributed by atoms with van der Waals surface area (Å²) in [6.07, 6.45) is 5.73. The molecule has 0 aliphatic carbocycles. The zero-order valence-corrected chi connectivity index (χ0v) is 8.18. The standard InChI is InChI=1S/C10H13N3O/c1-8-6-13(3-2-10(8)14)9-4-11-7-12-5-9/h4-5,7-8H,2-3,6H2,1H3. The molecule has 4 heteroatoms. The lowest BCUT2D eigenvalue weighted by molar-refractivity contribution is -0.122. The molecule has 1 aromatic heterocycles. The van der Waals surface area contributed by atoms with E-state index in [0.29, 0.717) is 12.2 Å². The second-order valence-corrected chi connectivity index (χ2v) is 3.66. The monoisotopic (exact) mass is 191 g/mol. The Labute approximate surface area is 83.0 Å². The number of anilines is 1. The molecule has 14 heavy (non-hydrogen) atoms. The molecule has 0 spiro atoms. The van der Waals surface area contributed by atoms with Crippen LogP contribution in [0.5, 0.6) is 0 Å². The van der Waals surface area contributed by atoms with Crippen LogP contribution in [0.3, 0.4) is 0 Å². The molecule has 0 radical (unpaired) electrons. The molecule has 1 aliphatic heterocycles. The molecule has 0 amide bonds. The number of hydrogen-bond donors (Lipinski definition) is 0. The van der Waals surface area contributed by atoms with Gasteiger partial charge in [-0.3, -0.25) is 4.79 Å². The smallest absolute Gasteiger partial charge is 0.139 e. The van der Waals surface area contributed by atoms with Crippen molar-refractivity contribution < 1.29 is 4.79 Å². The Bertz CT molecular complexity index is 325. The third kappa shape index (κ3) is 1.73. The van der Waals surface area contributed by atoms with Crippen molar-refractivity contribution in [3.63, 3.8) is 0 Å². The van der Waals surface area contributed by atoms with Crippen molar-refractivity contribution in [3.05, 3.63) is 18.7 Å². The van der Waals surface area contributed by atoms with Gasteiger partial charge in [-0.2, -0.15) is 0 Å². The lowest BCUT2D eigenvalue weighted by Gasteiger charge is -2.31. The number of nitrogens with zero attached hydrogens (tertiary/aromatic N) is 3. The van der Waals surface area contributed by atoms with E-state index in [1.807, 2.05) is 6.92 Å². The quantitative estimate of drug-likeness (QED) is 0.661. The fourth-order valence-corrected chi connectivity index (χ4v) is 1.70. The topological polar surface area (TPSA) is 46.1 Å². The molecule has 1 aliphatic rings. The van der Waals surface area contributed by atoms with E-state index in [1.165, 1.54) is 6.33 Å². The lowest BCUT2D eigenvalue weighted by Crippen LogP contribution is -2.39. The fourth-order valence-electron chi connectivity index (χ4n) is 1.70. The molecule has 2 heterocycles. The van der Waals surface area contributed by atoms with Crippen LogP contribution in [0.2, 0.25) is 0 Å². The predicted molar refractivity (Wildman–Crippen MR) is 53.0 cm³/mol. The van der Waals surface area contributed by atoms with Gasteiger partial charge in [-0.1, -0.05) is 6.92 Å². The van der Waals surface area contributed by atoms with E-state index in [0.717, 1.165) is 18.8 Å². The van der Waals surface area contributed by atoms with Gasteiger partial charge in [0.2, 0.25) is 0 Å². The Morgan fingerprint density at radius 2 is 2.14 bits per heavy atom. The summed E-state index contributed by atoms with van der Waals surface area (Å²) >= 11 is 0. The molecule has 0 aromatic carbocycles. The highest BCUT2D eigenvalue weighted by Gasteiger charge is 2.23. The first-order chi connectivity index (χ1) is 6.77. The maximum absolute atomic E-state index is 11.3. The van der Waals surface area contributed by atoms with Crippen LogP contribution < -0.4 is 4.90 Å². The molecule has 0 N–H and O–H groups in total. The van der Waals surface area contributed by atoms with E-state index < -0.39 is 0 Å². The van der Waals surface area contributed by atoms with Gasteiger partial charge < -0.3 is 4.90 Å². The Morgan fingerprint density at radius 1 is 1.43 bits per heavy atom. The molecule has 1 saturated heterocycles. The highest BCUT2D eigenvalue weighted by atomic mass is 16.1. The normalized spacial score (nSPS) is 22.5. The first kappa shape index (κ1) is 9.12. The van der Waals surface area contributed by atoms with Crippen LogP contribution in [0.4, 0.5) is 5.69 Å². The maximum Gasteiger partial charge on any atom is 0.139 e. The SMILES string of the molecule is CC1CN(c2cncnc2)CCC1=O. The zero-order chi connectivity index (χ0) is 9.97. The van der Waals surface area contributed by atoms with Crippen molar-refractivity contribution >= 4 is 11.5 Å². The molecule has 1 aromatic rings. The molecular weight excluding hydrogens is 178 g/mol. The number of carbonyl (C=O) groups excluding carboxylic acids is 1. The number of piperidine rings is 1. The van der Waals surface area contributed by atoms with Gasteiger partial charge in [0, 0.05) is 25.4 Å². The second-order valence-electron chi connectivity index (χ2n) is 3.66. The van der Waals surface area contributed by atoms with Crippen molar-refractivity contribution in [1.82, 2.24) is 9.97 Å². The maximum atomic E-state index is 11.3. The van der Waals surface area contributed by atoms with Gasteiger partial charge in [-0.25, -0.2) is 9.97 Å². The largest absolute Gasteiger partial charge is 0.368 e. The van der Waals surface area contributed by atoms with E-state index >= 15 is 0 Å².